The first-order valence-electron chi connectivity index (χ1n) is 3.87. The standard InChI is InChI=1S/C8H15NO3/c1-5(2)7(10)6(3)9-8(11)12-4/h5-6H,1-4H3,(H,9,11). The van der Waals surface area contributed by atoms with Crippen LogP contribution in [0.4, 0.5) is 4.79 Å². The van der Waals surface area contributed by atoms with Crippen LogP contribution in [-0.2, 0) is 9.53 Å². The maximum Gasteiger partial charge on any atom is 0.407 e. The number of amides is 1. The van der Waals surface area contributed by atoms with E-state index < -0.39 is 12.1 Å². The topological polar surface area (TPSA) is 55.4 Å². The summed E-state index contributed by atoms with van der Waals surface area (Å²) in [5.41, 5.74) is 0. The molecule has 1 amide bonds. The van der Waals surface area contributed by atoms with Gasteiger partial charge in [-0.25, -0.2) is 4.79 Å². The third kappa shape index (κ3) is 3.37. The zero-order chi connectivity index (χ0) is 9.72. The van der Waals surface area contributed by atoms with Gasteiger partial charge in [0.25, 0.3) is 0 Å². The Morgan fingerprint density at radius 1 is 1.25 bits per heavy atom. The zero-order valence-electron chi connectivity index (χ0n) is 7.88. The van der Waals surface area contributed by atoms with Crippen LogP contribution in [-0.4, -0.2) is 25.0 Å². The molecule has 0 aliphatic carbocycles. The van der Waals surface area contributed by atoms with Gasteiger partial charge in [-0.15, -0.1) is 0 Å². The van der Waals surface area contributed by atoms with Crippen LogP contribution in [0.3, 0.4) is 0 Å². The molecule has 0 fully saturated rings. The van der Waals surface area contributed by atoms with Crippen molar-refractivity contribution in [2.24, 2.45) is 5.92 Å². The summed E-state index contributed by atoms with van der Waals surface area (Å²) in [5.74, 6) is -0.0717. The molecule has 4 nitrogen and oxygen atoms in total. The highest BCUT2D eigenvalue weighted by molar-refractivity contribution is 5.88. The molecular formula is C8H15NO3. The number of rotatable bonds is 3. The average molecular weight is 173 g/mol. The predicted molar refractivity (Wildman–Crippen MR) is 44.8 cm³/mol. The molecule has 0 radical (unpaired) electrons. The summed E-state index contributed by atoms with van der Waals surface area (Å²) in [7, 11) is 1.27. The number of Topliss-reactive ketones (excluding diaryl/α,β-unsaturated/α-hetero) is 1. The Morgan fingerprint density at radius 2 is 1.75 bits per heavy atom. The maximum absolute atomic E-state index is 11.2. The van der Waals surface area contributed by atoms with E-state index in [4.69, 9.17) is 0 Å². The molecule has 70 valence electrons. The van der Waals surface area contributed by atoms with Crippen molar-refractivity contribution in [3.8, 4) is 0 Å². The van der Waals surface area contributed by atoms with E-state index in [1.807, 2.05) is 0 Å². The number of carbonyl (C=O) groups excluding carboxylic acids is 2. The Morgan fingerprint density at radius 3 is 2.08 bits per heavy atom. The third-order valence-corrected chi connectivity index (χ3v) is 1.52. The van der Waals surface area contributed by atoms with Gasteiger partial charge < -0.3 is 10.1 Å². The van der Waals surface area contributed by atoms with Gasteiger partial charge in [-0.3, -0.25) is 4.79 Å². The van der Waals surface area contributed by atoms with E-state index in [9.17, 15) is 9.59 Å². The second-order valence-electron chi connectivity index (χ2n) is 2.91. The number of methoxy groups -OCH3 is 1. The predicted octanol–water partition coefficient (Wildman–Crippen LogP) is 0.956. The molecule has 0 aromatic heterocycles. The van der Waals surface area contributed by atoms with E-state index in [-0.39, 0.29) is 11.7 Å². The minimum absolute atomic E-state index is 0.000370. The van der Waals surface area contributed by atoms with E-state index in [1.165, 1.54) is 7.11 Å². The molecule has 0 saturated heterocycles. The maximum atomic E-state index is 11.2. The highest BCUT2D eigenvalue weighted by Crippen LogP contribution is 1.98. The number of nitrogens with one attached hydrogen (secondary N) is 1. The van der Waals surface area contributed by atoms with Gasteiger partial charge in [0.1, 0.15) is 0 Å². The van der Waals surface area contributed by atoms with Gasteiger partial charge in [-0.2, -0.15) is 0 Å². The van der Waals surface area contributed by atoms with Gasteiger partial charge in [0.05, 0.1) is 13.2 Å². The number of ether oxygens (including phenoxy) is 1. The van der Waals surface area contributed by atoms with Crippen molar-refractivity contribution in [3.05, 3.63) is 0 Å². The highest BCUT2D eigenvalue weighted by atomic mass is 16.5. The van der Waals surface area contributed by atoms with Crippen LogP contribution < -0.4 is 5.32 Å². The van der Waals surface area contributed by atoms with Crippen molar-refractivity contribution < 1.29 is 14.3 Å². The molecule has 1 unspecified atom stereocenters. The van der Waals surface area contributed by atoms with Gasteiger partial charge in [-0.05, 0) is 6.92 Å². The van der Waals surface area contributed by atoms with Crippen molar-refractivity contribution in [2.45, 2.75) is 26.8 Å². The summed E-state index contributed by atoms with van der Waals surface area (Å²) in [6.07, 6.45) is -0.573. The van der Waals surface area contributed by atoms with E-state index in [1.54, 1.807) is 20.8 Å². The Labute approximate surface area is 72.3 Å². The summed E-state index contributed by atoms with van der Waals surface area (Å²) in [4.78, 5) is 21.9. The molecule has 0 rings (SSSR count). The SMILES string of the molecule is COC(=O)NC(C)C(=O)C(C)C. The van der Waals surface area contributed by atoms with Crippen LogP contribution >= 0.6 is 0 Å². The third-order valence-electron chi connectivity index (χ3n) is 1.52. The lowest BCUT2D eigenvalue weighted by atomic mass is 10.0. The summed E-state index contributed by atoms with van der Waals surface area (Å²) < 4.78 is 4.35. The van der Waals surface area contributed by atoms with Crippen LogP contribution in [0, 0.1) is 5.92 Å². The van der Waals surface area contributed by atoms with Crippen molar-refractivity contribution in [2.75, 3.05) is 7.11 Å². The normalized spacial score (nSPS) is 12.4. The van der Waals surface area contributed by atoms with E-state index in [0.717, 1.165) is 0 Å². The van der Waals surface area contributed by atoms with Crippen LogP contribution in [0.25, 0.3) is 0 Å². The lowest BCUT2D eigenvalue weighted by molar-refractivity contribution is -0.123. The molecule has 0 spiro atoms. The Hall–Kier alpha value is -1.06. The zero-order valence-corrected chi connectivity index (χ0v) is 7.88. The fraction of sp³-hybridized carbons (Fsp3) is 0.750. The molecule has 0 bridgehead atoms. The molecule has 0 aromatic rings. The Bertz CT molecular complexity index is 177. The molecule has 0 aliphatic rings. The van der Waals surface area contributed by atoms with Crippen LogP contribution in [0.2, 0.25) is 0 Å². The molecule has 4 heteroatoms. The molecule has 1 N–H and O–H groups in total. The molecule has 0 saturated carbocycles. The van der Waals surface area contributed by atoms with Crippen molar-refractivity contribution in [1.29, 1.82) is 0 Å². The summed E-state index contributed by atoms with van der Waals surface area (Å²) >= 11 is 0. The summed E-state index contributed by atoms with van der Waals surface area (Å²) in [6.45, 7) is 5.22. The van der Waals surface area contributed by atoms with Gasteiger partial charge in [0.15, 0.2) is 5.78 Å². The lowest BCUT2D eigenvalue weighted by Crippen LogP contribution is -2.40. The molecule has 1 atom stereocenters. The first-order valence-corrected chi connectivity index (χ1v) is 3.87. The molecule has 12 heavy (non-hydrogen) atoms. The second kappa shape index (κ2) is 4.74. The monoisotopic (exact) mass is 173 g/mol. The van der Waals surface area contributed by atoms with Gasteiger partial charge in [0.2, 0.25) is 0 Å². The van der Waals surface area contributed by atoms with Gasteiger partial charge >= 0.3 is 6.09 Å². The molecule has 0 aliphatic heterocycles. The summed E-state index contributed by atoms with van der Waals surface area (Å²) in [6, 6.07) is -0.475. The number of hydrogen-bond donors (Lipinski definition) is 1. The van der Waals surface area contributed by atoms with Crippen molar-refractivity contribution in [1.82, 2.24) is 5.32 Å². The molecule has 0 aromatic carbocycles. The fourth-order valence-corrected chi connectivity index (χ4v) is 0.807. The average Bonchev–Trinajstić information content (AvgIpc) is 2.02. The van der Waals surface area contributed by atoms with Crippen LogP contribution in [0.5, 0.6) is 0 Å². The second-order valence-corrected chi connectivity index (χ2v) is 2.91. The Kier molecular flexibility index (Phi) is 4.33. The minimum Gasteiger partial charge on any atom is -0.453 e. The largest absolute Gasteiger partial charge is 0.453 e. The molecular weight excluding hydrogens is 158 g/mol. The number of alkyl carbamates (subject to hydrolysis) is 1. The molecule has 0 heterocycles. The smallest absolute Gasteiger partial charge is 0.407 e. The van der Waals surface area contributed by atoms with E-state index >= 15 is 0 Å². The van der Waals surface area contributed by atoms with Gasteiger partial charge in [0, 0.05) is 5.92 Å². The van der Waals surface area contributed by atoms with Crippen LogP contribution in [0.15, 0.2) is 0 Å². The fourth-order valence-electron chi connectivity index (χ4n) is 0.807. The van der Waals surface area contributed by atoms with Crippen LogP contribution in [0.1, 0.15) is 20.8 Å². The highest BCUT2D eigenvalue weighted by Gasteiger charge is 2.18. The van der Waals surface area contributed by atoms with Crippen molar-refractivity contribution in [3.63, 3.8) is 0 Å². The number of carbonyl (C=O) groups is 2. The first-order chi connectivity index (χ1) is 5.49. The van der Waals surface area contributed by atoms with E-state index in [0.29, 0.717) is 0 Å². The lowest BCUT2D eigenvalue weighted by Gasteiger charge is -2.13. The minimum atomic E-state index is -0.573. The summed E-state index contributed by atoms with van der Waals surface area (Å²) in [5, 5.41) is 2.40. The van der Waals surface area contributed by atoms with E-state index in [2.05, 4.69) is 10.1 Å². The first kappa shape index (κ1) is 10.9. The Balaban J connectivity index is 3.95. The quantitative estimate of drug-likeness (QED) is 0.691. The van der Waals surface area contributed by atoms with Gasteiger partial charge in [-0.1, -0.05) is 13.8 Å². The number of hydrogen-bond acceptors (Lipinski definition) is 3. The van der Waals surface area contributed by atoms with Crippen molar-refractivity contribution >= 4 is 11.9 Å². The number of ketones is 1.